The molecule has 0 fully saturated rings. The Bertz CT molecular complexity index is 1410. The van der Waals surface area contributed by atoms with Crippen molar-refractivity contribution in [1.29, 1.82) is 0 Å². The zero-order valence-corrected chi connectivity index (χ0v) is 46.5. The zero-order chi connectivity index (χ0) is 51.4. The fourth-order valence-electron chi connectivity index (χ4n) is 8.08. The number of rotatable bonds is 53. The van der Waals surface area contributed by atoms with Crippen molar-refractivity contribution >= 4 is 17.9 Å². The first-order valence-corrected chi connectivity index (χ1v) is 29.7. The van der Waals surface area contributed by atoms with Gasteiger partial charge in [-0.3, -0.25) is 14.4 Å². The largest absolute Gasteiger partial charge is 0.462 e. The van der Waals surface area contributed by atoms with Gasteiger partial charge in [-0.25, -0.2) is 0 Å². The van der Waals surface area contributed by atoms with Crippen LogP contribution in [0.5, 0.6) is 0 Å². The molecule has 0 bridgehead atoms. The van der Waals surface area contributed by atoms with Crippen molar-refractivity contribution in [1.82, 2.24) is 0 Å². The summed E-state index contributed by atoms with van der Waals surface area (Å²) in [6, 6.07) is 0. The van der Waals surface area contributed by atoms with E-state index in [4.69, 9.17) is 14.2 Å². The highest BCUT2D eigenvalue weighted by Crippen LogP contribution is 2.15. The number of unbranched alkanes of at least 4 members (excludes halogenated alkanes) is 26. The molecule has 0 aliphatic heterocycles. The van der Waals surface area contributed by atoms with Crippen LogP contribution in [-0.4, -0.2) is 37.2 Å². The second kappa shape index (κ2) is 58.9. The van der Waals surface area contributed by atoms with Crippen molar-refractivity contribution in [3.05, 3.63) is 97.2 Å². The minimum atomic E-state index is -0.799. The van der Waals surface area contributed by atoms with Crippen LogP contribution in [0.25, 0.3) is 0 Å². The molecule has 1 atom stereocenters. The summed E-state index contributed by atoms with van der Waals surface area (Å²) in [5.41, 5.74) is 0. The van der Waals surface area contributed by atoms with Crippen LogP contribution in [0.4, 0.5) is 0 Å². The van der Waals surface area contributed by atoms with E-state index < -0.39 is 6.10 Å². The van der Waals surface area contributed by atoms with Gasteiger partial charge in [-0.05, 0) is 122 Å². The Hall–Kier alpha value is -3.67. The minimum absolute atomic E-state index is 0.0942. The van der Waals surface area contributed by atoms with Gasteiger partial charge in [-0.1, -0.05) is 234 Å². The Labute approximate surface area is 438 Å². The predicted octanol–water partition coefficient (Wildman–Crippen LogP) is 20.1. The van der Waals surface area contributed by atoms with Gasteiger partial charge >= 0.3 is 17.9 Å². The van der Waals surface area contributed by atoms with Crippen molar-refractivity contribution in [3.63, 3.8) is 0 Å². The van der Waals surface area contributed by atoms with Crippen molar-refractivity contribution in [2.45, 2.75) is 284 Å². The molecule has 6 nitrogen and oxygen atoms in total. The SMILES string of the molecule is CC/C=C\C/C=C\C/C=C\C/C=C\C/C=C\CCCCCC(=O)OC[C@H](COC(=O)CCCCCCCCC/C=C\C/C=C\CCCCC)OC(=O)CCCCCCCCC/C=C\CCCCCCCC. The van der Waals surface area contributed by atoms with E-state index in [9.17, 15) is 14.4 Å². The molecule has 0 unspecified atom stereocenters. The molecule has 0 aliphatic carbocycles. The molecule has 0 N–H and O–H groups in total. The molecule has 0 aliphatic rings. The van der Waals surface area contributed by atoms with Gasteiger partial charge in [0.2, 0.25) is 0 Å². The lowest BCUT2D eigenvalue weighted by Gasteiger charge is -2.18. The number of esters is 3. The average Bonchev–Trinajstić information content (AvgIpc) is 3.37. The highest BCUT2D eigenvalue weighted by Gasteiger charge is 2.19. The van der Waals surface area contributed by atoms with Gasteiger partial charge in [-0.2, -0.15) is 0 Å². The quantitative estimate of drug-likeness (QED) is 0.0261. The summed E-state index contributed by atoms with van der Waals surface area (Å²) in [5, 5.41) is 0. The normalized spacial score (nSPS) is 12.8. The molecule has 0 saturated carbocycles. The number of hydrogen-bond acceptors (Lipinski definition) is 6. The Balaban J connectivity index is 4.47. The van der Waals surface area contributed by atoms with Crippen LogP contribution in [0.2, 0.25) is 0 Å². The zero-order valence-electron chi connectivity index (χ0n) is 46.5. The van der Waals surface area contributed by atoms with Gasteiger partial charge in [0, 0.05) is 19.3 Å². The summed E-state index contributed by atoms with van der Waals surface area (Å²) in [7, 11) is 0. The van der Waals surface area contributed by atoms with Gasteiger partial charge in [0.1, 0.15) is 13.2 Å². The van der Waals surface area contributed by atoms with Crippen molar-refractivity contribution in [2.75, 3.05) is 13.2 Å². The summed E-state index contributed by atoms with van der Waals surface area (Å²) in [4.78, 5) is 38.2. The van der Waals surface area contributed by atoms with E-state index in [2.05, 4.69) is 118 Å². The summed E-state index contributed by atoms with van der Waals surface area (Å²) in [5.74, 6) is -0.934. The first-order valence-electron chi connectivity index (χ1n) is 29.7. The first-order chi connectivity index (χ1) is 35.0. The van der Waals surface area contributed by atoms with E-state index in [-0.39, 0.29) is 31.1 Å². The van der Waals surface area contributed by atoms with E-state index in [1.807, 2.05) is 0 Å². The number of allylic oxidation sites excluding steroid dienone is 16. The van der Waals surface area contributed by atoms with E-state index in [0.717, 1.165) is 109 Å². The Morgan fingerprint density at radius 1 is 0.296 bits per heavy atom. The summed E-state index contributed by atoms with van der Waals surface area (Å²) < 4.78 is 16.9. The van der Waals surface area contributed by atoms with Crippen molar-refractivity contribution in [3.8, 4) is 0 Å². The van der Waals surface area contributed by atoms with Crippen molar-refractivity contribution in [2.24, 2.45) is 0 Å². The lowest BCUT2D eigenvalue weighted by atomic mass is 10.1. The molecule has 71 heavy (non-hydrogen) atoms. The second-order valence-corrected chi connectivity index (χ2v) is 19.5. The lowest BCUT2D eigenvalue weighted by molar-refractivity contribution is -0.167. The first kappa shape index (κ1) is 67.3. The highest BCUT2D eigenvalue weighted by atomic mass is 16.6. The molecule has 0 rings (SSSR count). The minimum Gasteiger partial charge on any atom is -0.462 e. The van der Waals surface area contributed by atoms with Crippen LogP contribution < -0.4 is 0 Å². The third-order valence-corrected chi connectivity index (χ3v) is 12.5. The fourth-order valence-corrected chi connectivity index (χ4v) is 8.08. The molecule has 0 aromatic carbocycles. The average molecular weight is 988 g/mol. The number of carbonyl (C=O) groups excluding carboxylic acids is 3. The van der Waals surface area contributed by atoms with Gasteiger partial charge in [0.25, 0.3) is 0 Å². The maximum atomic E-state index is 12.9. The van der Waals surface area contributed by atoms with Gasteiger partial charge in [0.15, 0.2) is 6.10 Å². The number of ether oxygens (including phenoxy) is 3. The van der Waals surface area contributed by atoms with Crippen LogP contribution in [0.1, 0.15) is 278 Å². The van der Waals surface area contributed by atoms with Gasteiger partial charge in [-0.15, -0.1) is 0 Å². The summed E-state index contributed by atoms with van der Waals surface area (Å²) in [6.07, 6.45) is 78.2. The van der Waals surface area contributed by atoms with Crippen LogP contribution >= 0.6 is 0 Å². The lowest BCUT2D eigenvalue weighted by Crippen LogP contribution is -2.30. The maximum Gasteiger partial charge on any atom is 0.306 e. The van der Waals surface area contributed by atoms with E-state index in [1.165, 1.54) is 128 Å². The van der Waals surface area contributed by atoms with E-state index in [1.54, 1.807) is 0 Å². The van der Waals surface area contributed by atoms with Gasteiger partial charge in [0.05, 0.1) is 0 Å². The van der Waals surface area contributed by atoms with Crippen molar-refractivity contribution < 1.29 is 28.6 Å². The monoisotopic (exact) mass is 987 g/mol. The number of hydrogen-bond donors (Lipinski definition) is 0. The molecular weight excluding hydrogens is 877 g/mol. The Morgan fingerprint density at radius 3 is 0.915 bits per heavy atom. The maximum absolute atomic E-state index is 12.9. The molecule has 406 valence electrons. The van der Waals surface area contributed by atoms with E-state index >= 15 is 0 Å². The summed E-state index contributed by atoms with van der Waals surface area (Å²) >= 11 is 0. The van der Waals surface area contributed by atoms with Crippen LogP contribution in [0.15, 0.2) is 97.2 Å². The second-order valence-electron chi connectivity index (χ2n) is 19.5. The molecule has 0 spiro atoms. The standard InChI is InChI=1S/C65H110O6/c1-4-7-10-13-16-19-22-25-28-31-32-35-37-40-43-46-49-52-55-58-64(67)70-61-62(71-65(68)59-56-53-50-47-44-41-38-34-30-27-24-21-18-15-12-9-6-3)60-69-63(66)57-54-51-48-45-42-39-36-33-29-26-23-20-17-14-11-8-5-2/h7,10,16-17,19-20,25-30,32,35,40,43,62H,4-6,8-9,11-15,18,21-24,31,33-34,36-39,41-42,44-61H2,1-3H3/b10-7-,19-16-,20-17-,28-25-,29-26-,30-27-,35-32-,43-40-/t62-/m0/s1. The fraction of sp³-hybridized carbons (Fsp3) is 0.708. The van der Waals surface area contributed by atoms with Crippen LogP contribution in [-0.2, 0) is 28.6 Å². The predicted molar refractivity (Wildman–Crippen MR) is 307 cm³/mol. The van der Waals surface area contributed by atoms with Crippen LogP contribution in [0, 0.1) is 0 Å². The highest BCUT2D eigenvalue weighted by molar-refractivity contribution is 5.71. The molecule has 0 aromatic heterocycles. The third kappa shape index (κ3) is 57.1. The number of carbonyl (C=O) groups is 3. The third-order valence-electron chi connectivity index (χ3n) is 12.5. The molecule has 0 saturated heterocycles. The Kier molecular flexibility index (Phi) is 55.9. The van der Waals surface area contributed by atoms with Gasteiger partial charge < -0.3 is 14.2 Å². The smallest absolute Gasteiger partial charge is 0.306 e. The summed E-state index contributed by atoms with van der Waals surface area (Å²) in [6.45, 7) is 6.47. The van der Waals surface area contributed by atoms with Crippen LogP contribution in [0.3, 0.4) is 0 Å². The Morgan fingerprint density at radius 2 is 0.549 bits per heavy atom. The molecule has 0 amide bonds. The molecule has 0 heterocycles. The van der Waals surface area contributed by atoms with E-state index in [0.29, 0.717) is 19.3 Å². The molecular formula is C65H110O6. The topological polar surface area (TPSA) is 78.9 Å². The molecule has 0 aromatic rings. The molecule has 0 radical (unpaired) electrons. The molecule has 6 heteroatoms.